The number of hydrogen-bond acceptors (Lipinski definition) is 6. The molecular weight excluding hydrogens is 282 g/mol. The summed E-state index contributed by atoms with van der Waals surface area (Å²) < 4.78 is 0.350. The van der Waals surface area contributed by atoms with Crippen molar-refractivity contribution in [2.75, 3.05) is 23.5 Å². The normalized spacial score (nSPS) is 17.5. The summed E-state index contributed by atoms with van der Waals surface area (Å²) in [6.07, 6.45) is 12.4. The average Bonchev–Trinajstić information content (AvgIpc) is 2.55. The number of thioether (sulfide) groups is 1. The molecule has 0 aliphatic heterocycles. The first kappa shape index (κ1) is 16.4. The molecule has 1 saturated carbocycles. The van der Waals surface area contributed by atoms with Crippen molar-refractivity contribution in [3.8, 4) is 0 Å². The Labute approximate surface area is 131 Å². The lowest BCUT2D eigenvalue weighted by Crippen LogP contribution is -2.36. The predicted molar refractivity (Wildman–Crippen MR) is 91.7 cm³/mol. The number of rotatable bonds is 7. The number of nitrogens with zero attached hydrogens (tertiary/aromatic N) is 2. The summed E-state index contributed by atoms with van der Waals surface area (Å²) in [4.78, 5) is 8.64. The summed E-state index contributed by atoms with van der Waals surface area (Å²) in [6.45, 7) is 3.12. The zero-order chi connectivity index (χ0) is 15.1. The molecule has 1 aromatic heterocycles. The fraction of sp³-hybridized carbons (Fsp3) is 0.733. The Morgan fingerprint density at radius 2 is 1.95 bits per heavy atom. The predicted octanol–water partition coefficient (Wildman–Crippen LogP) is 3.19. The van der Waals surface area contributed by atoms with Crippen LogP contribution < -0.4 is 16.6 Å². The van der Waals surface area contributed by atoms with Gasteiger partial charge >= 0.3 is 0 Å². The van der Waals surface area contributed by atoms with Gasteiger partial charge in [-0.25, -0.2) is 15.8 Å². The molecule has 1 aliphatic rings. The second-order valence-corrected chi connectivity index (χ2v) is 7.02. The van der Waals surface area contributed by atoms with Crippen molar-refractivity contribution >= 4 is 23.4 Å². The zero-order valence-electron chi connectivity index (χ0n) is 13.1. The van der Waals surface area contributed by atoms with E-state index in [9.17, 15) is 0 Å². The van der Waals surface area contributed by atoms with E-state index < -0.39 is 0 Å². The molecule has 0 amide bonds. The Balaban J connectivity index is 2.11. The van der Waals surface area contributed by atoms with Crippen LogP contribution >= 0.6 is 11.8 Å². The van der Waals surface area contributed by atoms with Crippen molar-refractivity contribution < 1.29 is 0 Å². The van der Waals surface area contributed by atoms with Crippen LogP contribution in [0.25, 0.3) is 0 Å². The Morgan fingerprint density at radius 3 is 2.57 bits per heavy atom. The number of anilines is 2. The molecule has 0 unspecified atom stereocenters. The molecule has 21 heavy (non-hydrogen) atoms. The molecule has 0 saturated heterocycles. The highest BCUT2D eigenvalue weighted by atomic mass is 32.2. The van der Waals surface area contributed by atoms with Crippen LogP contribution in [0.2, 0.25) is 0 Å². The van der Waals surface area contributed by atoms with Crippen LogP contribution in [0.5, 0.6) is 0 Å². The van der Waals surface area contributed by atoms with Crippen LogP contribution in [0.4, 0.5) is 11.6 Å². The largest absolute Gasteiger partial charge is 0.368 e. The molecule has 0 spiro atoms. The first-order valence-electron chi connectivity index (χ1n) is 7.84. The van der Waals surface area contributed by atoms with Gasteiger partial charge in [0.05, 0.1) is 0 Å². The molecule has 0 atom stereocenters. The van der Waals surface area contributed by atoms with E-state index in [2.05, 4.69) is 33.9 Å². The van der Waals surface area contributed by atoms with Gasteiger partial charge < -0.3 is 10.7 Å². The molecule has 118 valence electrons. The minimum atomic E-state index is 0.350. The van der Waals surface area contributed by atoms with Crippen LogP contribution in [0, 0.1) is 0 Å². The summed E-state index contributed by atoms with van der Waals surface area (Å²) >= 11 is 2.00. The van der Waals surface area contributed by atoms with Gasteiger partial charge in [-0.2, -0.15) is 11.8 Å². The fourth-order valence-corrected chi connectivity index (χ4v) is 3.98. The lowest BCUT2D eigenvalue weighted by atomic mass is 9.88. The van der Waals surface area contributed by atoms with E-state index in [1.165, 1.54) is 32.1 Å². The highest BCUT2D eigenvalue weighted by Gasteiger charge is 2.31. The Bertz CT molecular complexity index is 446. The highest BCUT2D eigenvalue weighted by Crippen LogP contribution is 2.38. The van der Waals surface area contributed by atoms with Gasteiger partial charge in [0, 0.05) is 16.9 Å². The smallest absolute Gasteiger partial charge is 0.148 e. The van der Waals surface area contributed by atoms with E-state index in [0.29, 0.717) is 4.75 Å². The number of hydrogen-bond donors (Lipinski definition) is 3. The number of hydrazine groups is 1. The Hall–Kier alpha value is -1.01. The average molecular weight is 309 g/mol. The SMILES string of the molecule is CCCc1c(NN)ncnc1NCC1(SC)CCCCC1. The molecule has 6 heteroatoms. The standard InChI is InChI=1S/C15H27N5S/c1-3-7-12-13(18-11-19-14(12)20-16)17-10-15(21-2)8-5-4-6-9-15/h11H,3-10,16H2,1-2H3,(H2,17,18,19,20). The highest BCUT2D eigenvalue weighted by molar-refractivity contribution is 8.00. The monoisotopic (exact) mass is 309 g/mol. The van der Waals surface area contributed by atoms with Gasteiger partial charge in [-0.1, -0.05) is 32.6 Å². The molecule has 1 aromatic rings. The van der Waals surface area contributed by atoms with Gasteiger partial charge in [0.15, 0.2) is 0 Å². The van der Waals surface area contributed by atoms with E-state index in [4.69, 9.17) is 5.84 Å². The topological polar surface area (TPSA) is 75.9 Å². The second-order valence-electron chi connectivity index (χ2n) is 5.75. The van der Waals surface area contributed by atoms with Crippen LogP contribution in [-0.4, -0.2) is 27.5 Å². The minimum absolute atomic E-state index is 0.350. The second kappa shape index (κ2) is 7.84. The van der Waals surface area contributed by atoms with E-state index in [1.807, 2.05) is 11.8 Å². The van der Waals surface area contributed by atoms with Crippen molar-refractivity contribution in [1.29, 1.82) is 0 Å². The summed E-state index contributed by atoms with van der Waals surface area (Å²) in [5, 5.41) is 3.57. The van der Waals surface area contributed by atoms with Gasteiger partial charge in [0.2, 0.25) is 0 Å². The lowest BCUT2D eigenvalue weighted by Gasteiger charge is -2.36. The van der Waals surface area contributed by atoms with Crippen molar-refractivity contribution in [2.24, 2.45) is 5.84 Å². The third kappa shape index (κ3) is 4.01. The molecule has 1 aliphatic carbocycles. The molecule has 4 N–H and O–H groups in total. The van der Waals surface area contributed by atoms with Crippen LogP contribution in [0.1, 0.15) is 51.0 Å². The number of nitrogens with two attached hydrogens (primary N) is 1. The van der Waals surface area contributed by atoms with Crippen LogP contribution in [0.15, 0.2) is 6.33 Å². The quantitative estimate of drug-likeness (QED) is 0.530. The third-order valence-corrected chi connectivity index (χ3v) is 5.78. The Morgan fingerprint density at radius 1 is 1.24 bits per heavy atom. The van der Waals surface area contributed by atoms with E-state index in [1.54, 1.807) is 6.33 Å². The summed E-state index contributed by atoms with van der Waals surface area (Å²) in [7, 11) is 0. The first-order valence-corrected chi connectivity index (χ1v) is 9.06. The zero-order valence-corrected chi connectivity index (χ0v) is 13.9. The molecule has 1 heterocycles. The van der Waals surface area contributed by atoms with Gasteiger partial charge in [-0.05, 0) is 25.5 Å². The molecule has 5 nitrogen and oxygen atoms in total. The van der Waals surface area contributed by atoms with Crippen molar-refractivity contribution in [3.05, 3.63) is 11.9 Å². The number of nitrogens with one attached hydrogen (secondary N) is 2. The molecular formula is C15H27N5S. The van der Waals surface area contributed by atoms with Crippen LogP contribution in [-0.2, 0) is 6.42 Å². The molecule has 2 rings (SSSR count). The van der Waals surface area contributed by atoms with E-state index in [-0.39, 0.29) is 0 Å². The van der Waals surface area contributed by atoms with Crippen LogP contribution in [0.3, 0.4) is 0 Å². The van der Waals surface area contributed by atoms with Gasteiger partial charge in [-0.3, -0.25) is 0 Å². The summed E-state index contributed by atoms with van der Waals surface area (Å²) in [5.74, 6) is 7.23. The Kier molecular flexibility index (Phi) is 6.11. The van der Waals surface area contributed by atoms with E-state index in [0.717, 1.165) is 36.6 Å². The minimum Gasteiger partial charge on any atom is -0.368 e. The van der Waals surface area contributed by atoms with E-state index >= 15 is 0 Å². The molecule has 0 bridgehead atoms. The molecule has 0 radical (unpaired) electrons. The maximum Gasteiger partial charge on any atom is 0.148 e. The third-order valence-electron chi connectivity index (χ3n) is 4.36. The number of aromatic nitrogens is 2. The lowest BCUT2D eigenvalue weighted by molar-refractivity contribution is 0.411. The van der Waals surface area contributed by atoms with Gasteiger partial charge in [-0.15, -0.1) is 0 Å². The first-order chi connectivity index (χ1) is 10.2. The molecule has 0 aromatic carbocycles. The van der Waals surface area contributed by atoms with Crippen molar-refractivity contribution in [1.82, 2.24) is 9.97 Å². The van der Waals surface area contributed by atoms with Crippen molar-refractivity contribution in [2.45, 2.75) is 56.6 Å². The maximum atomic E-state index is 5.57. The van der Waals surface area contributed by atoms with Crippen molar-refractivity contribution in [3.63, 3.8) is 0 Å². The van der Waals surface area contributed by atoms with Gasteiger partial charge in [0.25, 0.3) is 0 Å². The number of nitrogen functional groups attached to an aromatic ring is 1. The fourth-order valence-electron chi connectivity index (χ4n) is 3.07. The molecule has 1 fully saturated rings. The summed E-state index contributed by atoms with van der Waals surface area (Å²) in [5.41, 5.74) is 3.78. The van der Waals surface area contributed by atoms with Gasteiger partial charge in [0.1, 0.15) is 18.0 Å². The maximum absolute atomic E-state index is 5.57. The summed E-state index contributed by atoms with van der Waals surface area (Å²) in [6, 6.07) is 0.